The Morgan fingerprint density at radius 2 is 1.78 bits per heavy atom. The van der Waals surface area contributed by atoms with Gasteiger partial charge in [0.05, 0.1) is 9.90 Å². The smallest absolute Gasteiger partial charge is 0.243 e. The average Bonchev–Trinajstić information content (AvgIpc) is 2.94. The van der Waals surface area contributed by atoms with Crippen LogP contribution in [-0.2, 0) is 23.1 Å². The molecular formula is C16H23N3O2S2. The third-order valence-electron chi connectivity index (χ3n) is 3.56. The summed E-state index contributed by atoms with van der Waals surface area (Å²) in [5.41, 5.74) is 1.06. The summed E-state index contributed by atoms with van der Waals surface area (Å²) in [6, 6.07) is 7.09. The number of sulfonamides is 1. The van der Waals surface area contributed by atoms with Crippen LogP contribution in [0.3, 0.4) is 0 Å². The second-order valence-corrected chi connectivity index (χ2v) is 8.44. The fraction of sp³-hybridized carbons (Fsp3) is 0.438. The van der Waals surface area contributed by atoms with Crippen LogP contribution in [0.1, 0.15) is 29.3 Å². The van der Waals surface area contributed by atoms with Crippen LogP contribution >= 0.6 is 11.3 Å². The van der Waals surface area contributed by atoms with Crippen LogP contribution in [0.2, 0.25) is 0 Å². The molecule has 2 aromatic rings. The summed E-state index contributed by atoms with van der Waals surface area (Å²) in [6.07, 6.45) is 1.88. The van der Waals surface area contributed by atoms with Crippen molar-refractivity contribution in [2.24, 2.45) is 0 Å². The fourth-order valence-corrected chi connectivity index (χ4v) is 4.53. The molecular weight excluding hydrogens is 330 g/mol. The van der Waals surface area contributed by atoms with Crippen LogP contribution in [0.25, 0.3) is 0 Å². The number of aromatic nitrogens is 1. The number of nitrogens with one attached hydrogen (secondary N) is 1. The monoisotopic (exact) mass is 353 g/mol. The van der Waals surface area contributed by atoms with Crippen molar-refractivity contribution in [3.05, 3.63) is 45.9 Å². The van der Waals surface area contributed by atoms with Crippen molar-refractivity contribution in [3.63, 3.8) is 0 Å². The average molecular weight is 354 g/mol. The van der Waals surface area contributed by atoms with Crippen molar-refractivity contribution >= 4 is 21.4 Å². The van der Waals surface area contributed by atoms with Gasteiger partial charge in [0.25, 0.3) is 0 Å². The summed E-state index contributed by atoms with van der Waals surface area (Å²) in [5, 5.41) is 4.41. The molecule has 1 aromatic heterocycles. The van der Waals surface area contributed by atoms with Crippen molar-refractivity contribution in [2.75, 3.05) is 13.1 Å². The number of hydrogen-bond donors (Lipinski definition) is 1. The van der Waals surface area contributed by atoms with E-state index in [4.69, 9.17) is 0 Å². The molecule has 0 aliphatic carbocycles. The molecule has 0 atom stereocenters. The number of thiazole rings is 1. The van der Waals surface area contributed by atoms with Gasteiger partial charge in [0.1, 0.15) is 0 Å². The number of benzene rings is 1. The molecule has 5 nitrogen and oxygen atoms in total. The van der Waals surface area contributed by atoms with E-state index in [1.165, 1.54) is 9.18 Å². The highest BCUT2D eigenvalue weighted by molar-refractivity contribution is 7.89. The van der Waals surface area contributed by atoms with Gasteiger partial charge in [0.2, 0.25) is 10.0 Å². The van der Waals surface area contributed by atoms with Crippen LogP contribution in [0, 0.1) is 6.92 Å². The first-order valence-corrected chi connectivity index (χ1v) is 9.94. The van der Waals surface area contributed by atoms with Crippen LogP contribution in [-0.4, -0.2) is 30.8 Å². The van der Waals surface area contributed by atoms with Crippen LogP contribution in [0.4, 0.5) is 0 Å². The fourth-order valence-electron chi connectivity index (χ4n) is 2.31. The molecule has 1 N–H and O–H groups in total. The van der Waals surface area contributed by atoms with E-state index in [9.17, 15) is 8.42 Å². The topological polar surface area (TPSA) is 62.3 Å². The standard InChI is InChI=1S/C16H23N3O2S2/c1-4-19(5-2)23(20,21)16-8-6-14(7-9-16)10-17-11-15-12-18-13(3)22-15/h6-9,12,17H,4-5,10-11H2,1-3H3. The van der Waals surface area contributed by atoms with E-state index in [2.05, 4.69) is 10.3 Å². The highest BCUT2D eigenvalue weighted by Gasteiger charge is 2.20. The van der Waals surface area contributed by atoms with Crippen molar-refractivity contribution in [3.8, 4) is 0 Å². The van der Waals surface area contributed by atoms with Gasteiger partial charge in [0.15, 0.2) is 0 Å². The van der Waals surface area contributed by atoms with Gasteiger partial charge in [0, 0.05) is 37.3 Å². The van der Waals surface area contributed by atoms with E-state index in [0.29, 0.717) is 24.5 Å². The lowest BCUT2D eigenvalue weighted by Gasteiger charge is -2.18. The molecule has 2 rings (SSSR count). The molecule has 0 saturated heterocycles. The first-order valence-electron chi connectivity index (χ1n) is 7.68. The third-order valence-corrected chi connectivity index (χ3v) is 6.54. The van der Waals surface area contributed by atoms with Crippen LogP contribution < -0.4 is 5.32 Å². The first-order chi connectivity index (χ1) is 11.0. The SMILES string of the molecule is CCN(CC)S(=O)(=O)c1ccc(CNCc2cnc(C)s2)cc1. The zero-order valence-electron chi connectivity index (χ0n) is 13.7. The predicted octanol–water partition coefficient (Wildman–Crippen LogP) is 2.77. The van der Waals surface area contributed by atoms with Gasteiger partial charge < -0.3 is 5.32 Å². The predicted molar refractivity (Wildman–Crippen MR) is 93.9 cm³/mol. The minimum absolute atomic E-state index is 0.350. The Kier molecular flexibility index (Phi) is 6.29. The van der Waals surface area contributed by atoms with E-state index < -0.39 is 10.0 Å². The van der Waals surface area contributed by atoms with Crippen LogP contribution in [0.5, 0.6) is 0 Å². The van der Waals surface area contributed by atoms with Gasteiger partial charge >= 0.3 is 0 Å². The van der Waals surface area contributed by atoms with E-state index >= 15 is 0 Å². The first kappa shape index (κ1) is 18.1. The van der Waals surface area contributed by atoms with Gasteiger partial charge in [-0.3, -0.25) is 0 Å². The molecule has 0 amide bonds. The summed E-state index contributed by atoms with van der Waals surface area (Å²) in [6.45, 7) is 8.12. The number of nitrogens with zero attached hydrogens (tertiary/aromatic N) is 2. The Bertz CT molecular complexity index is 720. The second kappa shape index (κ2) is 8.01. The molecule has 23 heavy (non-hydrogen) atoms. The van der Waals surface area contributed by atoms with Gasteiger partial charge in [-0.2, -0.15) is 4.31 Å². The van der Waals surface area contributed by atoms with Gasteiger partial charge in [-0.15, -0.1) is 11.3 Å². The Labute approximate surface area is 142 Å². The van der Waals surface area contributed by atoms with Crippen LogP contribution in [0.15, 0.2) is 35.4 Å². The maximum absolute atomic E-state index is 12.4. The Morgan fingerprint density at radius 3 is 2.30 bits per heavy atom. The molecule has 0 spiro atoms. The number of rotatable bonds is 8. The van der Waals surface area contributed by atoms with Crippen molar-refractivity contribution < 1.29 is 8.42 Å². The van der Waals surface area contributed by atoms with E-state index in [-0.39, 0.29) is 0 Å². The van der Waals surface area contributed by atoms with Crippen molar-refractivity contribution in [1.29, 1.82) is 0 Å². The maximum Gasteiger partial charge on any atom is 0.243 e. The number of aryl methyl sites for hydroxylation is 1. The van der Waals surface area contributed by atoms with E-state index in [1.807, 2.05) is 39.1 Å². The highest BCUT2D eigenvalue weighted by Crippen LogP contribution is 2.16. The highest BCUT2D eigenvalue weighted by atomic mass is 32.2. The molecule has 1 heterocycles. The van der Waals surface area contributed by atoms with Gasteiger partial charge in [-0.25, -0.2) is 13.4 Å². The Morgan fingerprint density at radius 1 is 1.13 bits per heavy atom. The zero-order valence-corrected chi connectivity index (χ0v) is 15.4. The second-order valence-electron chi connectivity index (χ2n) is 5.18. The minimum Gasteiger partial charge on any atom is -0.308 e. The van der Waals surface area contributed by atoms with Gasteiger partial charge in [-0.1, -0.05) is 26.0 Å². The quantitative estimate of drug-likeness (QED) is 0.793. The summed E-state index contributed by atoms with van der Waals surface area (Å²) in [4.78, 5) is 5.77. The summed E-state index contributed by atoms with van der Waals surface area (Å²) in [5.74, 6) is 0. The molecule has 126 valence electrons. The largest absolute Gasteiger partial charge is 0.308 e. The minimum atomic E-state index is -3.37. The maximum atomic E-state index is 12.4. The lowest BCUT2D eigenvalue weighted by atomic mass is 10.2. The summed E-state index contributed by atoms with van der Waals surface area (Å²) < 4.78 is 26.3. The summed E-state index contributed by atoms with van der Waals surface area (Å²) >= 11 is 1.68. The van der Waals surface area contributed by atoms with Gasteiger partial charge in [-0.05, 0) is 24.6 Å². The normalized spacial score (nSPS) is 12.0. The molecule has 0 unspecified atom stereocenters. The van der Waals surface area contributed by atoms with E-state index in [1.54, 1.807) is 23.5 Å². The molecule has 0 saturated carbocycles. The summed E-state index contributed by atoms with van der Waals surface area (Å²) in [7, 11) is -3.37. The molecule has 0 fully saturated rings. The Balaban J connectivity index is 1.96. The van der Waals surface area contributed by atoms with E-state index in [0.717, 1.165) is 17.1 Å². The third kappa shape index (κ3) is 4.60. The van der Waals surface area contributed by atoms with Crippen molar-refractivity contribution in [2.45, 2.75) is 38.8 Å². The zero-order chi connectivity index (χ0) is 16.9. The molecule has 1 aromatic carbocycles. The number of hydrogen-bond acceptors (Lipinski definition) is 5. The Hall–Kier alpha value is -1.28. The molecule has 0 bridgehead atoms. The van der Waals surface area contributed by atoms with Crippen molar-refractivity contribution in [1.82, 2.24) is 14.6 Å². The molecule has 0 aliphatic rings. The lowest BCUT2D eigenvalue weighted by molar-refractivity contribution is 0.445. The molecule has 0 aliphatic heterocycles. The molecule has 0 radical (unpaired) electrons. The lowest BCUT2D eigenvalue weighted by Crippen LogP contribution is -2.30. The molecule has 7 heteroatoms.